The van der Waals surface area contributed by atoms with Gasteiger partial charge in [-0.1, -0.05) is 0 Å². The third-order valence-electron chi connectivity index (χ3n) is 3.35. The van der Waals surface area contributed by atoms with Crippen LogP contribution in [0.4, 0.5) is 18.9 Å². The molecule has 0 N–H and O–H groups in total. The lowest BCUT2D eigenvalue weighted by Crippen LogP contribution is -2.33. The van der Waals surface area contributed by atoms with E-state index in [2.05, 4.69) is 0 Å². The molecule has 0 bridgehead atoms. The standard InChI is InChI=1S/C13H16F3NO2S/c1-20(18,19)7-3-6-17-5-2-4-9-12(16)10(14)8-11(15)13(9)17/h8H,2-7H2,1H3. The van der Waals surface area contributed by atoms with Gasteiger partial charge in [0.25, 0.3) is 0 Å². The third kappa shape index (κ3) is 3.26. The topological polar surface area (TPSA) is 37.4 Å². The maximum absolute atomic E-state index is 13.9. The molecule has 7 heteroatoms. The maximum atomic E-state index is 13.9. The van der Waals surface area contributed by atoms with Gasteiger partial charge in [-0.05, 0) is 19.3 Å². The first-order chi connectivity index (χ1) is 9.29. The fourth-order valence-corrected chi connectivity index (χ4v) is 3.16. The van der Waals surface area contributed by atoms with Crippen molar-refractivity contribution in [2.75, 3.05) is 30.0 Å². The number of hydrogen-bond acceptors (Lipinski definition) is 3. The van der Waals surface area contributed by atoms with Crippen LogP contribution in [0.25, 0.3) is 0 Å². The Morgan fingerprint density at radius 3 is 2.60 bits per heavy atom. The van der Waals surface area contributed by atoms with E-state index in [9.17, 15) is 21.6 Å². The number of hydrogen-bond donors (Lipinski definition) is 0. The second-order valence-electron chi connectivity index (χ2n) is 5.06. The summed E-state index contributed by atoms with van der Waals surface area (Å²) < 4.78 is 62.9. The molecule has 0 fully saturated rings. The Morgan fingerprint density at radius 2 is 1.95 bits per heavy atom. The Kier molecular flexibility index (Phi) is 4.27. The van der Waals surface area contributed by atoms with Crippen LogP contribution in [0.3, 0.4) is 0 Å². The van der Waals surface area contributed by atoms with E-state index in [-0.39, 0.29) is 17.0 Å². The number of anilines is 1. The van der Waals surface area contributed by atoms with Gasteiger partial charge in [0.05, 0.1) is 11.4 Å². The van der Waals surface area contributed by atoms with Crippen LogP contribution in [-0.2, 0) is 16.3 Å². The lowest BCUT2D eigenvalue weighted by Gasteiger charge is -2.31. The minimum absolute atomic E-state index is 0.00979. The second-order valence-corrected chi connectivity index (χ2v) is 7.32. The summed E-state index contributed by atoms with van der Waals surface area (Å²) in [6.07, 6.45) is 2.34. The highest BCUT2D eigenvalue weighted by Gasteiger charge is 2.26. The number of fused-ring (bicyclic) bond motifs is 1. The summed E-state index contributed by atoms with van der Waals surface area (Å²) in [4.78, 5) is 1.60. The van der Waals surface area contributed by atoms with Crippen LogP contribution < -0.4 is 4.90 Å². The molecule has 1 aromatic carbocycles. The highest BCUT2D eigenvalue weighted by Crippen LogP contribution is 2.33. The Hall–Kier alpha value is -1.24. The van der Waals surface area contributed by atoms with Gasteiger partial charge in [-0.15, -0.1) is 0 Å². The van der Waals surface area contributed by atoms with Crippen molar-refractivity contribution in [1.82, 2.24) is 0 Å². The molecular formula is C13H16F3NO2S. The van der Waals surface area contributed by atoms with Crippen LogP contribution in [0.2, 0.25) is 0 Å². The molecule has 1 aliphatic rings. The Labute approximate surface area is 116 Å². The quantitative estimate of drug-likeness (QED) is 0.801. The minimum Gasteiger partial charge on any atom is -0.369 e. The van der Waals surface area contributed by atoms with Gasteiger partial charge in [-0.2, -0.15) is 0 Å². The average Bonchev–Trinajstić information content (AvgIpc) is 2.34. The summed E-state index contributed by atoms with van der Waals surface area (Å²) in [5, 5.41) is 0. The van der Waals surface area contributed by atoms with Crippen molar-refractivity contribution in [2.24, 2.45) is 0 Å². The zero-order valence-electron chi connectivity index (χ0n) is 11.1. The van der Waals surface area contributed by atoms with Gasteiger partial charge in [0, 0.05) is 31.0 Å². The predicted octanol–water partition coefficient (Wildman–Crippen LogP) is 2.29. The summed E-state index contributed by atoms with van der Waals surface area (Å²) in [5.74, 6) is -2.99. The highest BCUT2D eigenvalue weighted by atomic mass is 32.2. The summed E-state index contributed by atoms with van der Waals surface area (Å²) >= 11 is 0. The Balaban J connectivity index is 2.22. The average molecular weight is 307 g/mol. The SMILES string of the molecule is CS(=O)(=O)CCCN1CCCc2c(F)c(F)cc(F)c21. The first kappa shape index (κ1) is 15.2. The molecule has 2 rings (SSSR count). The summed E-state index contributed by atoms with van der Waals surface area (Å²) in [6, 6.07) is 0.545. The number of sulfone groups is 1. The fourth-order valence-electron chi connectivity index (χ4n) is 2.50. The van der Waals surface area contributed by atoms with E-state index < -0.39 is 27.3 Å². The number of halogens is 3. The van der Waals surface area contributed by atoms with Gasteiger partial charge < -0.3 is 4.90 Å². The van der Waals surface area contributed by atoms with Crippen molar-refractivity contribution in [3.63, 3.8) is 0 Å². The van der Waals surface area contributed by atoms with Gasteiger partial charge in [0.1, 0.15) is 15.7 Å². The molecule has 0 radical (unpaired) electrons. The fraction of sp³-hybridized carbons (Fsp3) is 0.538. The third-order valence-corrected chi connectivity index (χ3v) is 4.38. The van der Waals surface area contributed by atoms with Crippen molar-refractivity contribution in [3.8, 4) is 0 Å². The highest BCUT2D eigenvalue weighted by molar-refractivity contribution is 7.90. The lowest BCUT2D eigenvalue weighted by molar-refractivity contribution is 0.475. The molecule has 0 unspecified atom stereocenters. The van der Waals surface area contributed by atoms with E-state index in [1.165, 1.54) is 0 Å². The van der Waals surface area contributed by atoms with E-state index in [4.69, 9.17) is 0 Å². The predicted molar refractivity (Wildman–Crippen MR) is 71.2 cm³/mol. The van der Waals surface area contributed by atoms with E-state index in [1.54, 1.807) is 4.90 Å². The van der Waals surface area contributed by atoms with Crippen molar-refractivity contribution >= 4 is 15.5 Å². The molecule has 1 aromatic rings. The molecule has 1 aliphatic heterocycles. The van der Waals surface area contributed by atoms with Crippen LogP contribution in [0.15, 0.2) is 6.07 Å². The molecule has 0 aliphatic carbocycles. The van der Waals surface area contributed by atoms with Crippen LogP contribution >= 0.6 is 0 Å². The van der Waals surface area contributed by atoms with Crippen molar-refractivity contribution < 1.29 is 21.6 Å². The maximum Gasteiger partial charge on any atom is 0.164 e. The molecule has 112 valence electrons. The molecule has 1 heterocycles. The summed E-state index contributed by atoms with van der Waals surface area (Å²) in [6.45, 7) is 0.820. The van der Waals surface area contributed by atoms with E-state index in [0.717, 1.165) is 6.26 Å². The number of benzene rings is 1. The van der Waals surface area contributed by atoms with Crippen molar-refractivity contribution in [2.45, 2.75) is 19.3 Å². The van der Waals surface area contributed by atoms with Crippen LogP contribution in [0.1, 0.15) is 18.4 Å². The zero-order valence-corrected chi connectivity index (χ0v) is 11.9. The van der Waals surface area contributed by atoms with E-state index >= 15 is 0 Å². The Bertz CT molecular complexity index is 617. The zero-order chi connectivity index (χ0) is 14.9. The molecule has 0 saturated heterocycles. The van der Waals surface area contributed by atoms with Crippen LogP contribution in [0, 0.1) is 17.5 Å². The minimum atomic E-state index is -3.08. The molecule has 3 nitrogen and oxygen atoms in total. The van der Waals surface area contributed by atoms with Gasteiger partial charge >= 0.3 is 0 Å². The lowest BCUT2D eigenvalue weighted by atomic mass is 10.00. The molecule has 0 aromatic heterocycles. The van der Waals surface area contributed by atoms with Gasteiger partial charge in [0.15, 0.2) is 11.6 Å². The van der Waals surface area contributed by atoms with Crippen LogP contribution in [-0.4, -0.2) is 33.5 Å². The van der Waals surface area contributed by atoms with Crippen LogP contribution in [0.5, 0.6) is 0 Å². The van der Waals surface area contributed by atoms with Gasteiger partial charge in [-0.3, -0.25) is 0 Å². The second kappa shape index (κ2) is 5.63. The number of nitrogens with zero attached hydrogens (tertiary/aromatic N) is 1. The van der Waals surface area contributed by atoms with E-state index in [1.807, 2.05) is 0 Å². The molecular weight excluding hydrogens is 291 g/mol. The molecule has 0 saturated carbocycles. The largest absolute Gasteiger partial charge is 0.369 e. The first-order valence-electron chi connectivity index (χ1n) is 6.38. The molecule has 20 heavy (non-hydrogen) atoms. The van der Waals surface area contributed by atoms with Gasteiger partial charge in [0.2, 0.25) is 0 Å². The summed E-state index contributed by atoms with van der Waals surface area (Å²) in [5.41, 5.74) is 0.122. The summed E-state index contributed by atoms with van der Waals surface area (Å²) in [7, 11) is -3.08. The first-order valence-corrected chi connectivity index (χ1v) is 8.44. The molecule has 0 atom stereocenters. The smallest absolute Gasteiger partial charge is 0.164 e. The Morgan fingerprint density at radius 1 is 1.25 bits per heavy atom. The molecule has 0 amide bonds. The monoisotopic (exact) mass is 307 g/mol. The molecule has 0 spiro atoms. The van der Waals surface area contributed by atoms with Gasteiger partial charge in [-0.25, -0.2) is 21.6 Å². The van der Waals surface area contributed by atoms with Crippen molar-refractivity contribution in [3.05, 3.63) is 29.1 Å². The van der Waals surface area contributed by atoms with Crippen molar-refractivity contribution in [1.29, 1.82) is 0 Å². The normalized spacial score (nSPS) is 15.3. The van der Waals surface area contributed by atoms with E-state index in [0.29, 0.717) is 38.4 Å². The number of rotatable bonds is 4.